The molecule has 3 aromatic rings. The number of urea groups is 1. The number of nitrogens with one attached hydrogen (secondary N) is 3. The van der Waals surface area contributed by atoms with Gasteiger partial charge in [0, 0.05) is 23.0 Å². The molecule has 1 heterocycles. The highest BCUT2D eigenvalue weighted by Gasteiger charge is 2.17. The van der Waals surface area contributed by atoms with E-state index in [0.717, 1.165) is 5.56 Å². The molecule has 0 bridgehead atoms. The van der Waals surface area contributed by atoms with Gasteiger partial charge in [0.05, 0.1) is 7.11 Å². The first-order valence-corrected chi connectivity index (χ1v) is 9.16. The summed E-state index contributed by atoms with van der Waals surface area (Å²) in [6.07, 6.45) is 0. The van der Waals surface area contributed by atoms with E-state index in [1.807, 2.05) is 31.2 Å². The molecule has 158 valence electrons. The van der Waals surface area contributed by atoms with Crippen LogP contribution in [0.1, 0.15) is 16.1 Å². The molecule has 31 heavy (non-hydrogen) atoms. The van der Waals surface area contributed by atoms with Crippen molar-refractivity contribution in [3.63, 3.8) is 0 Å². The van der Waals surface area contributed by atoms with E-state index in [4.69, 9.17) is 4.52 Å². The maximum absolute atomic E-state index is 12.1. The Bertz CT molecular complexity index is 1120. The van der Waals surface area contributed by atoms with Crippen LogP contribution in [0.4, 0.5) is 16.2 Å². The lowest BCUT2D eigenvalue weighted by molar-refractivity contribution is -0.136. The molecule has 0 aliphatic heterocycles. The van der Waals surface area contributed by atoms with Crippen LogP contribution in [-0.2, 0) is 9.53 Å². The Hall–Kier alpha value is -4.40. The van der Waals surface area contributed by atoms with Crippen LogP contribution in [0.2, 0.25) is 0 Å². The Kier molecular flexibility index (Phi) is 6.46. The molecule has 3 rings (SSSR count). The molecule has 9 nitrogen and oxygen atoms in total. The number of anilines is 2. The number of methoxy groups -OCH3 is 1. The lowest BCUT2D eigenvalue weighted by atomic mass is 10.1. The van der Waals surface area contributed by atoms with Gasteiger partial charge in [0.2, 0.25) is 5.76 Å². The van der Waals surface area contributed by atoms with Gasteiger partial charge in [-0.3, -0.25) is 4.79 Å². The van der Waals surface area contributed by atoms with Crippen molar-refractivity contribution >= 4 is 29.3 Å². The highest BCUT2D eigenvalue weighted by Crippen LogP contribution is 2.22. The van der Waals surface area contributed by atoms with Gasteiger partial charge in [0.25, 0.3) is 5.91 Å². The van der Waals surface area contributed by atoms with Crippen LogP contribution in [0.25, 0.3) is 11.3 Å². The quantitative estimate of drug-likeness (QED) is 0.413. The highest BCUT2D eigenvalue weighted by molar-refractivity contribution is 6.00. The topological polar surface area (TPSA) is 123 Å². The fourth-order valence-corrected chi connectivity index (χ4v) is 2.55. The van der Waals surface area contributed by atoms with Crippen LogP contribution >= 0.6 is 0 Å². The number of aryl methyl sites for hydroxylation is 1. The number of carbonyl (C=O) groups is 3. The summed E-state index contributed by atoms with van der Waals surface area (Å²) in [4.78, 5) is 35.5. The molecule has 2 aromatic carbocycles. The minimum atomic E-state index is -0.761. The summed E-state index contributed by atoms with van der Waals surface area (Å²) in [7, 11) is 1.18. The van der Waals surface area contributed by atoms with E-state index >= 15 is 0 Å². The summed E-state index contributed by atoms with van der Waals surface area (Å²) >= 11 is 0. The van der Waals surface area contributed by atoms with Crippen molar-refractivity contribution < 1.29 is 23.6 Å². The zero-order valence-electron chi connectivity index (χ0n) is 16.9. The number of benzene rings is 2. The van der Waals surface area contributed by atoms with Gasteiger partial charge >= 0.3 is 12.0 Å². The van der Waals surface area contributed by atoms with Crippen molar-refractivity contribution in [2.75, 3.05) is 17.7 Å². The lowest BCUT2D eigenvalue weighted by Crippen LogP contribution is -2.26. The predicted molar refractivity (Wildman–Crippen MR) is 114 cm³/mol. The molecule has 3 amide bonds. The van der Waals surface area contributed by atoms with Gasteiger partial charge in [0.15, 0.2) is 0 Å². The number of nitrogens with zero attached hydrogens (tertiary/aromatic N) is 1. The third-order valence-corrected chi connectivity index (χ3v) is 4.18. The number of aromatic nitrogens is 1. The molecule has 0 spiro atoms. The lowest BCUT2D eigenvalue weighted by Gasteiger charge is -2.08. The summed E-state index contributed by atoms with van der Waals surface area (Å²) in [5.41, 5.74) is 3.21. The zero-order chi connectivity index (χ0) is 22.4. The van der Waals surface area contributed by atoms with Crippen molar-refractivity contribution in [2.24, 2.45) is 0 Å². The number of hydrogen-bond donors (Lipinski definition) is 3. The average molecular weight is 420 g/mol. The molecule has 0 atom stereocenters. The van der Waals surface area contributed by atoms with Crippen LogP contribution in [0, 0.1) is 6.92 Å². The summed E-state index contributed by atoms with van der Waals surface area (Å²) in [6, 6.07) is 15.3. The number of rotatable bonds is 6. The normalized spacial score (nSPS) is 10.1. The average Bonchev–Trinajstić information content (AvgIpc) is 3.25. The van der Waals surface area contributed by atoms with Gasteiger partial charge in [-0.05, 0) is 31.2 Å². The van der Waals surface area contributed by atoms with Gasteiger partial charge in [-0.1, -0.05) is 41.6 Å². The Morgan fingerprint density at radius 3 is 2.13 bits per heavy atom. The summed E-state index contributed by atoms with van der Waals surface area (Å²) in [6.45, 7) is 5.38. The summed E-state index contributed by atoms with van der Waals surface area (Å²) in [5, 5.41) is 11.6. The van der Waals surface area contributed by atoms with Crippen molar-refractivity contribution in [3.8, 4) is 11.3 Å². The van der Waals surface area contributed by atoms with Crippen molar-refractivity contribution in [2.45, 2.75) is 6.92 Å². The largest absolute Gasteiger partial charge is 0.464 e. The second-order valence-corrected chi connectivity index (χ2v) is 6.52. The fraction of sp³-hybridized carbons (Fsp3) is 0.0909. The SMILES string of the molecule is C=C(NC(=O)c1cc(-c2ccc(NC(=O)Nc3ccc(C)cc3)cc2)no1)C(=O)OC. The number of hydrogen-bond acceptors (Lipinski definition) is 6. The van der Waals surface area contributed by atoms with Gasteiger partial charge < -0.3 is 25.2 Å². The first-order chi connectivity index (χ1) is 14.9. The third-order valence-electron chi connectivity index (χ3n) is 4.18. The molecule has 9 heteroatoms. The predicted octanol–water partition coefficient (Wildman–Crippen LogP) is 3.71. The molecular weight excluding hydrogens is 400 g/mol. The number of esters is 1. The van der Waals surface area contributed by atoms with E-state index in [1.54, 1.807) is 24.3 Å². The standard InChI is InChI=1S/C22H20N4O5/c1-13-4-8-16(9-5-13)24-22(29)25-17-10-6-15(7-11-17)18-12-19(31-26-18)20(27)23-14(2)21(28)30-3/h4-12H,2H2,1,3H3,(H,23,27)(H2,24,25,29). The van der Waals surface area contributed by atoms with Crippen LogP contribution < -0.4 is 16.0 Å². The maximum atomic E-state index is 12.1. The molecule has 0 aliphatic rings. The number of carbonyl (C=O) groups excluding carboxylic acids is 3. The van der Waals surface area contributed by atoms with Gasteiger partial charge in [-0.2, -0.15) is 0 Å². The fourth-order valence-electron chi connectivity index (χ4n) is 2.55. The highest BCUT2D eigenvalue weighted by atomic mass is 16.5. The number of ether oxygens (including phenoxy) is 1. The molecule has 0 aliphatic carbocycles. The van der Waals surface area contributed by atoms with Crippen LogP contribution in [-0.4, -0.2) is 30.2 Å². The molecule has 0 unspecified atom stereocenters. The van der Waals surface area contributed by atoms with Gasteiger partial charge in [-0.15, -0.1) is 0 Å². The Morgan fingerprint density at radius 1 is 0.968 bits per heavy atom. The molecule has 0 saturated heterocycles. The minimum Gasteiger partial charge on any atom is -0.464 e. The van der Waals surface area contributed by atoms with Crippen molar-refractivity contribution in [1.29, 1.82) is 0 Å². The van der Waals surface area contributed by atoms with Crippen molar-refractivity contribution in [3.05, 3.63) is 78.2 Å². The molecule has 3 N–H and O–H groups in total. The summed E-state index contributed by atoms with van der Waals surface area (Å²) in [5.74, 6) is -1.54. The first-order valence-electron chi connectivity index (χ1n) is 9.16. The first kappa shape index (κ1) is 21.3. The Morgan fingerprint density at radius 2 is 1.55 bits per heavy atom. The van der Waals surface area contributed by atoms with Gasteiger partial charge in [0.1, 0.15) is 11.4 Å². The third kappa shape index (κ3) is 5.57. The molecule has 0 fully saturated rings. The molecule has 1 aromatic heterocycles. The summed E-state index contributed by atoms with van der Waals surface area (Å²) < 4.78 is 9.50. The Labute approximate surface area is 178 Å². The van der Waals surface area contributed by atoms with E-state index in [9.17, 15) is 14.4 Å². The van der Waals surface area contributed by atoms with Crippen LogP contribution in [0.15, 0.2) is 71.4 Å². The van der Waals surface area contributed by atoms with E-state index in [0.29, 0.717) is 22.6 Å². The second kappa shape index (κ2) is 9.40. The van der Waals surface area contributed by atoms with E-state index in [1.165, 1.54) is 13.2 Å². The number of amides is 3. The minimum absolute atomic E-state index is 0.0975. The zero-order valence-corrected chi connectivity index (χ0v) is 16.9. The Balaban J connectivity index is 1.60. The van der Waals surface area contributed by atoms with E-state index in [2.05, 4.69) is 32.4 Å². The molecular formula is C22H20N4O5. The maximum Gasteiger partial charge on any atom is 0.353 e. The molecule has 0 saturated carbocycles. The smallest absolute Gasteiger partial charge is 0.353 e. The molecule has 0 radical (unpaired) electrons. The van der Waals surface area contributed by atoms with Crippen LogP contribution in [0.3, 0.4) is 0 Å². The van der Waals surface area contributed by atoms with E-state index in [-0.39, 0.29) is 17.5 Å². The van der Waals surface area contributed by atoms with Crippen molar-refractivity contribution in [1.82, 2.24) is 10.5 Å². The van der Waals surface area contributed by atoms with E-state index < -0.39 is 11.9 Å². The van der Waals surface area contributed by atoms with Gasteiger partial charge in [-0.25, -0.2) is 9.59 Å². The second-order valence-electron chi connectivity index (χ2n) is 6.52. The monoisotopic (exact) mass is 420 g/mol. The van der Waals surface area contributed by atoms with Crippen LogP contribution in [0.5, 0.6) is 0 Å².